The lowest BCUT2D eigenvalue weighted by Crippen LogP contribution is -2.33. The molecule has 1 aromatic heterocycles. The molecule has 0 radical (unpaired) electrons. The molecule has 2 fully saturated rings. The summed E-state index contributed by atoms with van der Waals surface area (Å²) in [6.45, 7) is 0. The van der Waals surface area contributed by atoms with Crippen LogP contribution in [-0.2, 0) is 0 Å². The molecule has 1 N–H and O–H groups in total. The van der Waals surface area contributed by atoms with Gasteiger partial charge in [-0.25, -0.2) is 9.37 Å². The second-order valence-corrected chi connectivity index (χ2v) is 6.54. The highest BCUT2D eigenvalue weighted by Gasteiger charge is 2.34. The van der Waals surface area contributed by atoms with Gasteiger partial charge >= 0.3 is 0 Å². The molecule has 4 nitrogen and oxygen atoms in total. The number of benzene rings is 1. The maximum atomic E-state index is 13.9. The zero-order valence-corrected chi connectivity index (χ0v) is 12.8. The molecule has 1 amide bonds. The van der Waals surface area contributed by atoms with E-state index in [9.17, 15) is 9.18 Å². The number of oxazole rings is 1. The summed E-state index contributed by atoms with van der Waals surface area (Å²) in [6, 6.07) is 6.96. The van der Waals surface area contributed by atoms with Crippen molar-refractivity contribution >= 4 is 5.91 Å². The lowest BCUT2D eigenvalue weighted by molar-refractivity contribution is 0.0908. The number of amides is 1. The fraction of sp³-hybridized carbons (Fsp3) is 0.444. The predicted octanol–water partition coefficient (Wildman–Crippen LogP) is 3.76. The molecule has 2 unspecified atom stereocenters. The molecule has 1 aromatic carbocycles. The third kappa shape index (κ3) is 2.87. The highest BCUT2D eigenvalue weighted by molar-refractivity contribution is 5.92. The summed E-state index contributed by atoms with van der Waals surface area (Å²) in [7, 11) is 0. The van der Waals surface area contributed by atoms with Gasteiger partial charge in [0.1, 0.15) is 5.82 Å². The summed E-state index contributed by atoms with van der Waals surface area (Å²) in [5.74, 6) is 0.546. The standard InChI is InChI=1S/C18H19FN2O2/c19-15-4-2-1-3-14(15)12-7-8-13(9-12)21-18(22)17-16(11-5-6-11)20-10-23-17/h1-4,10-13H,5-9H2,(H,21,22). The van der Waals surface area contributed by atoms with Gasteiger partial charge in [0, 0.05) is 12.0 Å². The maximum absolute atomic E-state index is 13.9. The van der Waals surface area contributed by atoms with Gasteiger partial charge in [0.25, 0.3) is 5.91 Å². The Bertz CT molecular complexity index is 723. The minimum absolute atomic E-state index is 0.0595. The average molecular weight is 314 g/mol. The molecule has 2 aliphatic carbocycles. The number of hydrogen-bond donors (Lipinski definition) is 1. The molecule has 1 heterocycles. The highest BCUT2D eigenvalue weighted by atomic mass is 19.1. The summed E-state index contributed by atoms with van der Waals surface area (Å²) in [6.07, 6.45) is 6.01. The highest BCUT2D eigenvalue weighted by Crippen LogP contribution is 2.41. The zero-order valence-electron chi connectivity index (χ0n) is 12.8. The fourth-order valence-corrected chi connectivity index (χ4v) is 3.52. The molecule has 2 atom stereocenters. The van der Waals surface area contributed by atoms with Crippen molar-refractivity contribution in [1.82, 2.24) is 10.3 Å². The topological polar surface area (TPSA) is 55.1 Å². The second kappa shape index (κ2) is 5.80. The van der Waals surface area contributed by atoms with Crippen LogP contribution in [0.2, 0.25) is 0 Å². The number of aromatic nitrogens is 1. The molecule has 0 aliphatic heterocycles. The Morgan fingerprint density at radius 2 is 1.96 bits per heavy atom. The van der Waals surface area contributed by atoms with Gasteiger partial charge in [-0.15, -0.1) is 0 Å². The SMILES string of the molecule is O=C(NC1CCC(c2ccccc2F)C1)c1ocnc1C1CC1. The van der Waals surface area contributed by atoms with Crippen LogP contribution in [0.15, 0.2) is 35.1 Å². The minimum Gasteiger partial charge on any atom is -0.438 e. The van der Waals surface area contributed by atoms with Crippen molar-refractivity contribution < 1.29 is 13.6 Å². The van der Waals surface area contributed by atoms with E-state index in [0.29, 0.717) is 11.7 Å². The summed E-state index contributed by atoms with van der Waals surface area (Å²) >= 11 is 0. The first kappa shape index (κ1) is 14.4. The van der Waals surface area contributed by atoms with Crippen molar-refractivity contribution in [3.8, 4) is 0 Å². The quantitative estimate of drug-likeness (QED) is 0.935. The van der Waals surface area contributed by atoms with Crippen molar-refractivity contribution in [2.45, 2.75) is 50.0 Å². The van der Waals surface area contributed by atoms with Crippen molar-refractivity contribution in [2.75, 3.05) is 0 Å². The number of nitrogens with zero attached hydrogens (tertiary/aromatic N) is 1. The van der Waals surface area contributed by atoms with Crippen LogP contribution in [0.5, 0.6) is 0 Å². The van der Waals surface area contributed by atoms with E-state index in [-0.39, 0.29) is 23.7 Å². The predicted molar refractivity (Wildman–Crippen MR) is 82.7 cm³/mol. The third-order valence-corrected chi connectivity index (χ3v) is 4.88. The Balaban J connectivity index is 1.41. The summed E-state index contributed by atoms with van der Waals surface area (Å²) in [5.41, 5.74) is 1.54. The second-order valence-electron chi connectivity index (χ2n) is 6.54. The molecular weight excluding hydrogens is 295 g/mol. The number of nitrogens with one attached hydrogen (secondary N) is 1. The van der Waals surface area contributed by atoms with Gasteiger partial charge in [0.05, 0.1) is 5.69 Å². The molecule has 120 valence electrons. The van der Waals surface area contributed by atoms with Gasteiger partial charge in [-0.05, 0) is 49.7 Å². The van der Waals surface area contributed by atoms with E-state index >= 15 is 0 Å². The Hall–Kier alpha value is -2.17. The molecule has 5 heteroatoms. The Kier molecular flexibility index (Phi) is 3.63. The molecule has 2 aliphatic rings. The molecule has 4 rings (SSSR count). The van der Waals surface area contributed by atoms with Crippen molar-refractivity contribution in [3.05, 3.63) is 53.5 Å². The number of carbonyl (C=O) groups excluding carboxylic acids is 1. The van der Waals surface area contributed by atoms with Crippen LogP contribution in [0.1, 0.15) is 65.8 Å². The number of carbonyl (C=O) groups is 1. The fourth-order valence-electron chi connectivity index (χ4n) is 3.52. The number of hydrogen-bond acceptors (Lipinski definition) is 3. The van der Waals surface area contributed by atoms with Gasteiger partial charge in [-0.3, -0.25) is 4.79 Å². The molecule has 2 aromatic rings. The molecule has 0 saturated heterocycles. The third-order valence-electron chi connectivity index (χ3n) is 4.88. The Morgan fingerprint density at radius 1 is 1.17 bits per heavy atom. The van der Waals surface area contributed by atoms with E-state index < -0.39 is 0 Å². The molecule has 2 saturated carbocycles. The normalized spacial score (nSPS) is 23.9. The lowest BCUT2D eigenvalue weighted by atomic mass is 9.97. The van der Waals surface area contributed by atoms with E-state index in [1.54, 1.807) is 6.07 Å². The van der Waals surface area contributed by atoms with Crippen LogP contribution in [-0.4, -0.2) is 16.9 Å². The van der Waals surface area contributed by atoms with Gasteiger partial charge < -0.3 is 9.73 Å². The maximum Gasteiger partial charge on any atom is 0.289 e. The van der Waals surface area contributed by atoms with Crippen molar-refractivity contribution in [2.24, 2.45) is 0 Å². The largest absolute Gasteiger partial charge is 0.438 e. The Labute approximate surface area is 134 Å². The van der Waals surface area contributed by atoms with Gasteiger partial charge in [-0.1, -0.05) is 18.2 Å². The monoisotopic (exact) mass is 314 g/mol. The van der Waals surface area contributed by atoms with Crippen molar-refractivity contribution in [3.63, 3.8) is 0 Å². The van der Waals surface area contributed by atoms with Crippen LogP contribution in [0, 0.1) is 5.82 Å². The van der Waals surface area contributed by atoms with E-state index in [1.165, 1.54) is 12.5 Å². The van der Waals surface area contributed by atoms with E-state index in [1.807, 2.05) is 12.1 Å². The average Bonchev–Trinajstić information content (AvgIpc) is 3.09. The molecule has 0 spiro atoms. The smallest absolute Gasteiger partial charge is 0.289 e. The number of halogens is 1. The van der Waals surface area contributed by atoms with Crippen LogP contribution < -0.4 is 5.32 Å². The van der Waals surface area contributed by atoms with Gasteiger partial charge in [0.2, 0.25) is 5.76 Å². The first-order chi connectivity index (χ1) is 11.2. The Morgan fingerprint density at radius 3 is 2.74 bits per heavy atom. The zero-order chi connectivity index (χ0) is 15.8. The van der Waals surface area contributed by atoms with Gasteiger partial charge in [0.15, 0.2) is 6.39 Å². The molecular formula is C18H19FN2O2. The van der Waals surface area contributed by atoms with Crippen LogP contribution in [0.25, 0.3) is 0 Å². The summed E-state index contributed by atoms with van der Waals surface area (Å²) in [5, 5.41) is 3.03. The molecule has 0 bridgehead atoms. The van der Waals surface area contributed by atoms with Crippen molar-refractivity contribution in [1.29, 1.82) is 0 Å². The van der Waals surface area contributed by atoms with E-state index in [4.69, 9.17) is 4.42 Å². The van der Waals surface area contributed by atoms with Crippen LogP contribution >= 0.6 is 0 Å². The summed E-state index contributed by atoms with van der Waals surface area (Å²) in [4.78, 5) is 16.6. The molecule has 23 heavy (non-hydrogen) atoms. The van der Waals surface area contributed by atoms with Crippen LogP contribution in [0.4, 0.5) is 4.39 Å². The van der Waals surface area contributed by atoms with E-state index in [2.05, 4.69) is 10.3 Å². The number of rotatable bonds is 4. The van der Waals surface area contributed by atoms with Crippen LogP contribution in [0.3, 0.4) is 0 Å². The summed E-state index contributed by atoms with van der Waals surface area (Å²) < 4.78 is 19.2. The first-order valence-electron chi connectivity index (χ1n) is 8.21. The van der Waals surface area contributed by atoms with Gasteiger partial charge in [-0.2, -0.15) is 0 Å². The van der Waals surface area contributed by atoms with E-state index in [0.717, 1.165) is 43.4 Å². The minimum atomic E-state index is -0.191. The first-order valence-corrected chi connectivity index (χ1v) is 8.21. The lowest BCUT2D eigenvalue weighted by Gasteiger charge is -2.13.